The molecule has 0 unspecified atom stereocenters. The highest BCUT2D eigenvalue weighted by Crippen LogP contribution is 2.17. The van der Waals surface area contributed by atoms with Crippen LogP contribution in [0.15, 0.2) is 45.9 Å². The second kappa shape index (κ2) is 9.23. The lowest BCUT2D eigenvalue weighted by Crippen LogP contribution is -2.44. The van der Waals surface area contributed by atoms with Crippen molar-refractivity contribution >= 4 is 21.9 Å². The summed E-state index contributed by atoms with van der Waals surface area (Å²) in [6.45, 7) is 6.85. The maximum absolute atomic E-state index is 12.5. The van der Waals surface area contributed by atoms with Gasteiger partial charge in [0.1, 0.15) is 5.76 Å². The summed E-state index contributed by atoms with van der Waals surface area (Å²) in [6.07, 6.45) is 2.16. The smallest absolute Gasteiger partial charge is 0.338 e. The highest BCUT2D eigenvalue weighted by molar-refractivity contribution is 7.89. The summed E-state index contributed by atoms with van der Waals surface area (Å²) in [5.41, 5.74) is 0.204. The number of hydrogen-bond donors (Lipinski definition) is 2. The topological polar surface area (TPSA) is 115 Å². The van der Waals surface area contributed by atoms with Crippen molar-refractivity contribution in [2.24, 2.45) is 0 Å². The Balaban J connectivity index is 2.07. The molecule has 2 N–H and O–H groups in total. The van der Waals surface area contributed by atoms with Crippen LogP contribution in [0.3, 0.4) is 0 Å². The van der Waals surface area contributed by atoms with Gasteiger partial charge in [0.2, 0.25) is 10.0 Å². The molecule has 0 fully saturated rings. The number of rotatable bonds is 9. The minimum Gasteiger partial charge on any atom is -0.468 e. The van der Waals surface area contributed by atoms with Crippen LogP contribution in [0.2, 0.25) is 0 Å². The van der Waals surface area contributed by atoms with E-state index in [1.165, 1.54) is 24.5 Å². The Kier molecular flexibility index (Phi) is 7.21. The van der Waals surface area contributed by atoms with Gasteiger partial charge in [0.25, 0.3) is 5.91 Å². The summed E-state index contributed by atoms with van der Waals surface area (Å²) in [4.78, 5) is 24.3. The van der Waals surface area contributed by atoms with Crippen LogP contribution in [0.25, 0.3) is 0 Å². The molecule has 0 spiro atoms. The molecule has 8 nitrogen and oxygen atoms in total. The molecule has 2 rings (SSSR count). The first-order valence-electron chi connectivity index (χ1n) is 9.15. The fourth-order valence-corrected chi connectivity index (χ4v) is 3.38. The van der Waals surface area contributed by atoms with Crippen LogP contribution in [-0.4, -0.2) is 32.4 Å². The molecule has 158 valence electrons. The molecule has 1 aromatic carbocycles. The van der Waals surface area contributed by atoms with Crippen molar-refractivity contribution in [1.82, 2.24) is 10.0 Å². The SMILES string of the molecule is CCC(C)(C)NC(=O)COC(=O)c1cc(S(=O)(=O)NCc2ccco2)ccc1C. The van der Waals surface area contributed by atoms with Gasteiger partial charge in [-0.3, -0.25) is 4.79 Å². The van der Waals surface area contributed by atoms with Crippen LogP contribution in [0, 0.1) is 6.92 Å². The lowest BCUT2D eigenvalue weighted by atomic mass is 10.0. The van der Waals surface area contributed by atoms with Crippen molar-refractivity contribution < 1.29 is 27.2 Å². The predicted octanol–water partition coefficient (Wildman–Crippen LogP) is 2.53. The first-order valence-corrected chi connectivity index (χ1v) is 10.6. The third-order valence-corrected chi connectivity index (χ3v) is 5.85. The minimum absolute atomic E-state index is 0.0175. The summed E-state index contributed by atoms with van der Waals surface area (Å²) < 4.78 is 37.6. The van der Waals surface area contributed by atoms with E-state index < -0.39 is 34.0 Å². The molecule has 0 bridgehead atoms. The molecule has 29 heavy (non-hydrogen) atoms. The number of hydrogen-bond acceptors (Lipinski definition) is 6. The number of benzene rings is 1. The lowest BCUT2D eigenvalue weighted by molar-refractivity contribution is -0.125. The molecule has 0 atom stereocenters. The number of carbonyl (C=O) groups excluding carboxylic acids is 2. The van der Waals surface area contributed by atoms with Crippen LogP contribution in [0.1, 0.15) is 48.9 Å². The maximum atomic E-state index is 12.5. The third-order valence-electron chi connectivity index (χ3n) is 4.45. The quantitative estimate of drug-likeness (QED) is 0.600. The van der Waals surface area contributed by atoms with Crippen molar-refractivity contribution in [3.8, 4) is 0 Å². The van der Waals surface area contributed by atoms with Gasteiger partial charge in [-0.2, -0.15) is 0 Å². The number of furan rings is 1. The van der Waals surface area contributed by atoms with E-state index in [0.29, 0.717) is 11.3 Å². The normalized spacial score (nSPS) is 11.9. The van der Waals surface area contributed by atoms with E-state index in [1.54, 1.807) is 19.1 Å². The van der Waals surface area contributed by atoms with Crippen molar-refractivity contribution in [1.29, 1.82) is 0 Å². The van der Waals surface area contributed by atoms with E-state index >= 15 is 0 Å². The Morgan fingerprint density at radius 2 is 1.93 bits per heavy atom. The number of aryl methyl sites for hydroxylation is 1. The van der Waals surface area contributed by atoms with Crippen molar-refractivity contribution in [3.05, 3.63) is 53.5 Å². The average Bonchev–Trinajstić information content (AvgIpc) is 3.18. The summed E-state index contributed by atoms with van der Waals surface area (Å²) in [5, 5.41) is 2.76. The van der Waals surface area contributed by atoms with Gasteiger partial charge in [0.05, 0.1) is 23.3 Å². The van der Waals surface area contributed by atoms with Gasteiger partial charge in [-0.15, -0.1) is 0 Å². The summed E-state index contributed by atoms with van der Waals surface area (Å²) in [5.74, 6) is -0.733. The van der Waals surface area contributed by atoms with Crippen LogP contribution in [0.4, 0.5) is 0 Å². The Labute approximate surface area is 170 Å². The predicted molar refractivity (Wildman–Crippen MR) is 107 cm³/mol. The fraction of sp³-hybridized carbons (Fsp3) is 0.400. The third kappa shape index (κ3) is 6.43. The fourth-order valence-electron chi connectivity index (χ4n) is 2.36. The Hall–Kier alpha value is -2.65. The van der Waals surface area contributed by atoms with E-state index in [9.17, 15) is 18.0 Å². The molecule has 1 amide bonds. The molecule has 2 aromatic rings. The summed E-state index contributed by atoms with van der Waals surface area (Å²) in [6, 6.07) is 7.44. The van der Waals surface area contributed by atoms with Crippen molar-refractivity contribution in [2.75, 3.05) is 6.61 Å². The zero-order valence-corrected chi connectivity index (χ0v) is 17.8. The first kappa shape index (κ1) is 22.6. The number of carbonyl (C=O) groups is 2. The number of esters is 1. The largest absolute Gasteiger partial charge is 0.468 e. The van der Waals surface area contributed by atoms with Gasteiger partial charge in [-0.25, -0.2) is 17.9 Å². The number of sulfonamides is 1. The van der Waals surface area contributed by atoms with E-state index in [4.69, 9.17) is 9.15 Å². The molecule has 9 heteroatoms. The molecule has 1 aromatic heterocycles. The zero-order valence-electron chi connectivity index (χ0n) is 16.9. The van der Waals surface area contributed by atoms with Gasteiger partial charge >= 0.3 is 5.97 Å². The van der Waals surface area contributed by atoms with E-state index in [0.717, 1.165) is 6.42 Å². The van der Waals surface area contributed by atoms with Gasteiger partial charge < -0.3 is 14.5 Å². The van der Waals surface area contributed by atoms with Gasteiger partial charge in [0.15, 0.2) is 6.61 Å². The van der Waals surface area contributed by atoms with E-state index in [2.05, 4.69) is 10.0 Å². The van der Waals surface area contributed by atoms with Gasteiger partial charge in [-0.1, -0.05) is 13.0 Å². The monoisotopic (exact) mass is 422 g/mol. The molecule has 0 saturated heterocycles. The highest BCUT2D eigenvalue weighted by atomic mass is 32.2. The van der Waals surface area contributed by atoms with Crippen LogP contribution < -0.4 is 10.0 Å². The second-order valence-electron chi connectivity index (χ2n) is 7.24. The molecular weight excluding hydrogens is 396 g/mol. The van der Waals surface area contributed by atoms with Crippen molar-refractivity contribution in [3.63, 3.8) is 0 Å². The minimum atomic E-state index is -3.86. The Bertz CT molecular complexity index is 965. The lowest BCUT2D eigenvalue weighted by Gasteiger charge is -2.24. The summed E-state index contributed by atoms with van der Waals surface area (Å²) >= 11 is 0. The zero-order chi connectivity index (χ0) is 21.7. The van der Waals surface area contributed by atoms with Crippen LogP contribution in [0.5, 0.6) is 0 Å². The molecule has 0 aliphatic carbocycles. The Morgan fingerprint density at radius 3 is 2.55 bits per heavy atom. The van der Waals surface area contributed by atoms with Crippen LogP contribution >= 0.6 is 0 Å². The number of amides is 1. The molecule has 0 saturated carbocycles. The molecule has 1 heterocycles. The van der Waals surface area contributed by atoms with Crippen LogP contribution in [-0.2, 0) is 26.1 Å². The maximum Gasteiger partial charge on any atom is 0.338 e. The van der Waals surface area contributed by atoms with E-state index in [1.807, 2.05) is 20.8 Å². The molecule has 0 aliphatic rings. The summed E-state index contributed by atoms with van der Waals surface area (Å²) in [7, 11) is -3.86. The Morgan fingerprint density at radius 1 is 1.21 bits per heavy atom. The average molecular weight is 423 g/mol. The first-order chi connectivity index (χ1) is 13.5. The standard InChI is InChI=1S/C20H26N2O6S/c1-5-20(3,4)22-18(23)13-28-19(24)17-11-16(9-8-14(17)2)29(25,26)21-12-15-7-6-10-27-15/h6-11,21H,5,12-13H2,1-4H3,(H,22,23). The second-order valence-corrected chi connectivity index (χ2v) is 9.01. The number of nitrogens with one attached hydrogen (secondary N) is 2. The molecule has 0 aliphatic heterocycles. The highest BCUT2D eigenvalue weighted by Gasteiger charge is 2.21. The van der Waals surface area contributed by atoms with Gasteiger partial charge in [-0.05, 0) is 57.0 Å². The van der Waals surface area contributed by atoms with Gasteiger partial charge in [0, 0.05) is 5.54 Å². The van der Waals surface area contributed by atoms with Crippen molar-refractivity contribution in [2.45, 2.75) is 51.1 Å². The molecular formula is C20H26N2O6S. The number of ether oxygens (including phenoxy) is 1. The molecule has 0 radical (unpaired) electrons. The van der Waals surface area contributed by atoms with E-state index in [-0.39, 0.29) is 17.0 Å².